The maximum atomic E-state index is 13.3. The highest BCUT2D eigenvalue weighted by Gasteiger charge is 2.46. The Morgan fingerprint density at radius 1 is 1.22 bits per heavy atom. The summed E-state index contributed by atoms with van der Waals surface area (Å²) in [6.45, 7) is 5.17. The van der Waals surface area contributed by atoms with Crippen LogP contribution in [0.2, 0.25) is 5.02 Å². The first-order valence-corrected chi connectivity index (χ1v) is 9.55. The first-order chi connectivity index (χ1) is 12.7. The minimum absolute atomic E-state index is 0. The molecular weight excluding hydrogens is 383 g/mol. The van der Waals surface area contributed by atoms with Crippen LogP contribution in [0, 0.1) is 11.8 Å². The normalized spacial score (nSPS) is 23.6. The number of nitrogens with one attached hydrogen (secondary N) is 1. The molecule has 4 rings (SSSR count). The summed E-state index contributed by atoms with van der Waals surface area (Å²) in [6.07, 6.45) is 0. The Hall–Kier alpha value is -1.75. The summed E-state index contributed by atoms with van der Waals surface area (Å²) in [5.41, 5.74) is 1.82. The molecule has 2 aromatic rings. The molecule has 144 valence electrons. The first kappa shape index (κ1) is 20.0. The molecule has 27 heavy (non-hydrogen) atoms. The second-order valence-corrected chi connectivity index (χ2v) is 7.38. The fourth-order valence-corrected chi connectivity index (χ4v) is 4.51. The van der Waals surface area contributed by atoms with E-state index in [4.69, 9.17) is 16.3 Å². The third kappa shape index (κ3) is 3.79. The summed E-state index contributed by atoms with van der Waals surface area (Å²) in [6, 6.07) is 15.8. The fourth-order valence-electron chi connectivity index (χ4n) is 4.28. The summed E-state index contributed by atoms with van der Waals surface area (Å²) in [4.78, 5) is 15.3. The van der Waals surface area contributed by atoms with E-state index < -0.39 is 0 Å². The summed E-state index contributed by atoms with van der Waals surface area (Å²) < 4.78 is 5.48. The van der Waals surface area contributed by atoms with E-state index in [0.717, 1.165) is 19.6 Å². The van der Waals surface area contributed by atoms with Gasteiger partial charge in [0.2, 0.25) is 0 Å². The van der Waals surface area contributed by atoms with E-state index >= 15 is 0 Å². The summed E-state index contributed by atoms with van der Waals surface area (Å²) >= 11 is 6.30. The van der Waals surface area contributed by atoms with E-state index in [9.17, 15) is 4.79 Å². The highest BCUT2D eigenvalue weighted by atomic mass is 35.5. The molecule has 2 aromatic carbocycles. The van der Waals surface area contributed by atoms with Crippen LogP contribution >= 0.6 is 24.0 Å². The molecule has 2 heterocycles. The lowest BCUT2D eigenvalue weighted by molar-refractivity contribution is 0.0714. The number of benzene rings is 2. The first-order valence-electron chi connectivity index (χ1n) is 9.18. The molecule has 0 aromatic heterocycles. The molecule has 3 atom stereocenters. The molecule has 1 amide bonds. The third-order valence-corrected chi connectivity index (χ3v) is 5.74. The smallest absolute Gasteiger partial charge is 0.254 e. The SMILES string of the molecule is CCOc1ccc(C(=O)N2C[C@@H]3CNC[C@@H]3[C@H]2c2ccccc2)cc1Cl.Cl. The van der Waals surface area contributed by atoms with Crippen LogP contribution in [-0.4, -0.2) is 37.0 Å². The van der Waals surface area contributed by atoms with Crippen molar-refractivity contribution in [1.82, 2.24) is 10.2 Å². The van der Waals surface area contributed by atoms with Gasteiger partial charge in [-0.3, -0.25) is 4.79 Å². The second-order valence-electron chi connectivity index (χ2n) is 6.97. The molecular formula is C21H24Cl2N2O2. The zero-order valence-corrected chi connectivity index (χ0v) is 16.8. The highest BCUT2D eigenvalue weighted by molar-refractivity contribution is 6.32. The number of nitrogens with zero attached hydrogens (tertiary/aromatic N) is 1. The van der Waals surface area contributed by atoms with Crippen molar-refractivity contribution in [2.24, 2.45) is 11.8 Å². The van der Waals surface area contributed by atoms with Gasteiger partial charge in [0.15, 0.2) is 0 Å². The van der Waals surface area contributed by atoms with E-state index in [2.05, 4.69) is 17.4 Å². The van der Waals surface area contributed by atoms with Gasteiger partial charge in [-0.05, 0) is 36.6 Å². The van der Waals surface area contributed by atoms with Crippen molar-refractivity contribution >= 4 is 29.9 Å². The largest absolute Gasteiger partial charge is 0.492 e. The van der Waals surface area contributed by atoms with Gasteiger partial charge in [0.05, 0.1) is 17.7 Å². The Morgan fingerprint density at radius 2 is 2.00 bits per heavy atom. The lowest BCUT2D eigenvalue weighted by atomic mass is 9.89. The van der Waals surface area contributed by atoms with E-state index in [1.807, 2.05) is 36.1 Å². The van der Waals surface area contributed by atoms with Gasteiger partial charge in [0.25, 0.3) is 5.91 Å². The van der Waals surface area contributed by atoms with Crippen LogP contribution in [0.25, 0.3) is 0 Å². The molecule has 1 N–H and O–H groups in total. The maximum Gasteiger partial charge on any atom is 0.254 e. The lowest BCUT2D eigenvalue weighted by Gasteiger charge is -2.28. The number of carbonyl (C=O) groups is 1. The Kier molecular flexibility index (Phi) is 6.30. The molecule has 2 aliphatic heterocycles. The monoisotopic (exact) mass is 406 g/mol. The number of amides is 1. The molecule has 0 radical (unpaired) electrons. The average molecular weight is 407 g/mol. The van der Waals surface area contributed by atoms with Crippen LogP contribution in [0.3, 0.4) is 0 Å². The fraction of sp³-hybridized carbons (Fsp3) is 0.381. The van der Waals surface area contributed by atoms with Crippen molar-refractivity contribution in [3.05, 3.63) is 64.7 Å². The number of fused-ring (bicyclic) bond motifs is 1. The molecule has 0 bridgehead atoms. The molecule has 2 fully saturated rings. The zero-order valence-electron chi connectivity index (χ0n) is 15.2. The van der Waals surface area contributed by atoms with E-state index in [-0.39, 0.29) is 24.4 Å². The number of hydrogen-bond donors (Lipinski definition) is 1. The predicted octanol–water partition coefficient (Wildman–Crippen LogP) is 4.19. The number of hydrogen-bond acceptors (Lipinski definition) is 3. The van der Waals surface area contributed by atoms with Gasteiger partial charge in [-0.15, -0.1) is 12.4 Å². The van der Waals surface area contributed by atoms with Crippen molar-refractivity contribution in [2.75, 3.05) is 26.2 Å². The predicted molar refractivity (Wildman–Crippen MR) is 110 cm³/mol. The standard InChI is InChI=1S/C21H23ClN2O2.ClH/c1-2-26-19-9-8-15(10-18(19)22)21(25)24-13-16-11-23-12-17(16)20(24)14-6-4-3-5-7-14;/h3-10,16-17,20,23H,2,11-13H2,1H3;1H/t16-,17-,20+;/m0./s1. The Labute approximate surface area is 171 Å². The molecule has 0 spiro atoms. The second kappa shape index (κ2) is 8.51. The van der Waals surface area contributed by atoms with Crippen molar-refractivity contribution in [3.63, 3.8) is 0 Å². The molecule has 2 saturated heterocycles. The van der Waals surface area contributed by atoms with Crippen LogP contribution in [-0.2, 0) is 0 Å². The van der Waals surface area contributed by atoms with Crippen LogP contribution < -0.4 is 10.1 Å². The Bertz CT molecular complexity index is 800. The van der Waals surface area contributed by atoms with Gasteiger partial charge < -0.3 is 15.0 Å². The van der Waals surface area contributed by atoms with Gasteiger partial charge in [-0.2, -0.15) is 0 Å². The Balaban J connectivity index is 0.00000210. The van der Waals surface area contributed by atoms with Gasteiger partial charge in [0.1, 0.15) is 5.75 Å². The van der Waals surface area contributed by atoms with Crippen molar-refractivity contribution in [1.29, 1.82) is 0 Å². The molecule has 2 aliphatic rings. The van der Waals surface area contributed by atoms with Crippen molar-refractivity contribution in [2.45, 2.75) is 13.0 Å². The topological polar surface area (TPSA) is 41.6 Å². The molecule has 0 saturated carbocycles. The number of likely N-dealkylation sites (tertiary alicyclic amines) is 1. The maximum absolute atomic E-state index is 13.3. The minimum Gasteiger partial charge on any atom is -0.492 e. The van der Waals surface area contributed by atoms with Gasteiger partial charge in [-0.1, -0.05) is 41.9 Å². The Morgan fingerprint density at radius 3 is 2.70 bits per heavy atom. The number of halogens is 2. The number of carbonyl (C=O) groups excluding carboxylic acids is 1. The molecule has 6 heteroatoms. The highest BCUT2D eigenvalue weighted by Crippen LogP contribution is 2.43. The number of ether oxygens (including phenoxy) is 1. The van der Waals surface area contributed by atoms with E-state index in [1.165, 1.54) is 5.56 Å². The summed E-state index contributed by atoms with van der Waals surface area (Å²) in [5, 5.41) is 3.96. The lowest BCUT2D eigenvalue weighted by Crippen LogP contribution is -2.34. The third-order valence-electron chi connectivity index (χ3n) is 5.45. The summed E-state index contributed by atoms with van der Waals surface area (Å²) in [5.74, 6) is 1.62. The van der Waals surface area contributed by atoms with E-state index in [0.29, 0.717) is 34.8 Å². The minimum atomic E-state index is 0. The van der Waals surface area contributed by atoms with E-state index in [1.54, 1.807) is 12.1 Å². The summed E-state index contributed by atoms with van der Waals surface area (Å²) in [7, 11) is 0. The van der Waals surface area contributed by atoms with Gasteiger partial charge in [-0.25, -0.2) is 0 Å². The average Bonchev–Trinajstić information content (AvgIpc) is 3.24. The zero-order chi connectivity index (χ0) is 18.1. The van der Waals surface area contributed by atoms with Crippen molar-refractivity contribution in [3.8, 4) is 5.75 Å². The van der Waals surface area contributed by atoms with Crippen LogP contribution in [0.15, 0.2) is 48.5 Å². The quantitative estimate of drug-likeness (QED) is 0.827. The molecule has 0 unspecified atom stereocenters. The van der Waals surface area contributed by atoms with Gasteiger partial charge in [0, 0.05) is 31.1 Å². The van der Waals surface area contributed by atoms with Crippen molar-refractivity contribution < 1.29 is 9.53 Å². The van der Waals surface area contributed by atoms with Crippen LogP contribution in [0.1, 0.15) is 28.9 Å². The number of rotatable bonds is 4. The van der Waals surface area contributed by atoms with Gasteiger partial charge >= 0.3 is 0 Å². The molecule has 4 nitrogen and oxygen atoms in total. The van der Waals surface area contributed by atoms with Crippen LogP contribution in [0.5, 0.6) is 5.75 Å². The van der Waals surface area contributed by atoms with Crippen LogP contribution in [0.4, 0.5) is 0 Å². The molecule has 0 aliphatic carbocycles.